The first-order valence-corrected chi connectivity index (χ1v) is 5.50. The molecule has 1 aromatic carbocycles. The van der Waals surface area contributed by atoms with Gasteiger partial charge in [-0.1, -0.05) is 24.3 Å². The summed E-state index contributed by atoms with van der Waals surface area (Å²) in [5.41, 5.74) is 1.10. The summed E-state index contributed by atoms with van der Waals surface area (Å²) >= 11 is 0. The normalized spacial score (nSPS) is 11.8. The van der Waals surface area contributed by atoms with Gasteiger partial charge in [-0.3, -0.25) is 9.78 Å². The van der Waals surface area contributed by atoms with Crippen LogP contribution >= 0.6 is 0 Å². The second-order valence-electron chi connectivity index (χ2n) is 3.77. The Morgan fingerprint density at radius 2 is 1.94 bits per heavy atom. The van der Waals surface area contributed by atoms with Crippen molar-refractivity contribution in [3.8, 4) is 5.75 Å². The van der Waals surface area contributed by atoms with E-state index in [-0.39, 0.29) is 0 Å². The Kier molecular flexibility index (Phi) is 3.57. The van der Waals surface area contributed by atoms with E-state index in [1.807, 2.05) is 0 Å². The van der Waals surface area contributed by atoms with E-state index in [1.54, 1.807) is 48.7 Å². The maximum atomic E-state index is 11.5. The van der Waals surface area contributed by atoms with Gasteiger partial charge in [-0.2, -0.15) is 0 Å². The smallest absolute Gasteiger partial charge is 0.317 e. The molecule has 2 aromatic rings. The van der Waals surface area contributed by atoms with Crippen molar-refractivity contribution in [1.82, 2.24) is 4.98 Å². The highest BCUT2D eigenvalue weighted by Gasteiger charge is 2.26. The summed E-state index contributed by atoms with van der Waals surface area (Å²) in [5.74, 6) is -1.21. The molecule has 4 nitrogen and oxygen atoms in total. The summed E-state index contributed by atoms with van der Waals surface area (Å²) in [4.78, 5) is 15.6. The lowest BCUT2D eigenvalue weighted by atomic mass is 9.94. The number of aliphatic carboxylic acids is 1. The number of methoxy groups -OCH3 is 1. The van der Waals surface area contributed by atoms with Gasteiger partial charge in [0.05, 0.1) is 12.8 Å². The number of carboxylic acids is 1. The average Bonchev–Trinajstić information content (AvgIpc) is 2.40. The molecule has 1 unspecified atom stereocenters. The fourth-order valence-corrected chi connectivity index (χ4v) is 1.87. The molecule has 1 aromatic heterocycles. The highest BCUT2D eigenvalue weighted by Crippen LogP contribution is 2.30. The molecule has 0 saturated heterocycles. The second-order valence-corrected chi connectivity index (χ2v) is 3.77. The lowest BCUT2D eigenvalue weighted by Gasteiger charge is -2.15. The summed E-state index contributed by atoms with van der Waals surface area (Å²) < 4.78 is 5.21. The van der Waals surface area contributed by atoms with Crippen LogP contribution in [0.25, 0.3) is 0 Å². The van der Waals surface area contributed by atoms with Crippen molar-refractivity contribution in [3.63, 3.8) is 0 Å². The zero-order valence-electron chi connectivity index (χ0n) is 9.91. The Hall–Kier alpha value is -2.36. The monoisotopic (exact) mass is 243 g/mol. The fraction of sp³-hybridized carbons (Fsp3) is 0.143. The SMILES string of the molecule is COc1ccccc1C(C(=O)O)c1ccccn1. The van der Waals surface area contributed by atoms with E-state index >= 15 is 0 Å². The van der Waals surface area contributed by atoms with Crippen molar-refractivity contribution >= 4 is 5.97 Å². The van der Waals surface area contributed by atoms with Gasteiger partial charge in [-0.05, 0) is 18.2 Å². The highest BCUT2D eigenvalue weighted by atomic mass is 16.5. The largest absolute Gasteiger partial charge is 0.496 e. The number of benzene rings is 1. The molecule has 0 amide bonds. The number of aromatic nitrogens is 1. The van der Waals surface area contributed by atoms with Crippen LogP contribution in [0.4, 0.5) is 0 Å². The van der Waals surface area contributed by atoms with Crippen molar-refractivity contribution in [2.24, 2.45) is 0 Å². The first kappa shape index (κ1) is 12.1. The van der Waals surface area contributed by atoms with Crippen LogP contribution in [0.5, 0.6) is 5.75 Å². The van der Waals surface area contributed by atoms with Gasteiger partial charge in [0.1, 0.15) is 11.7 Å². The number of rotatable bonds is 4. The lowest BCUT2D eigenvalue weighted by Crippen LogP contribution is -2.15. The van der Waals surface area contributed by atoms with E-state index in [9.17, 15) is 9.90 Å². The molecule has 0 radical (unpaired) electrons. The molecule has 18 heavy (non-hydrogen) atoms. The van der Waals surface area contributed by atoms with E-state index in [1.165, 1.54) is 7.11 Å². The molecular weight excluding hydrogens is 230 g/mol. The Labute approximate surface area is 105 Å². The number of pyridine rings is 1. The third kappa shape index (κ3) is 2.32. The van der Waals surface area contributed by atoms with Crippen LogP contribution in [0.3, 0.4) is 0 Å². The van der Waals surface area contributed by atoms with Crippen LogP contribution in [-0.2, 0) is 4.79 Å². The van der Waals surface area contributed by atoms with Crippen LogP contribution in [0, 0.1) is 0 Å². The minimum Gasteiger partial charge on any atom is -0.496 e. The molecule has 1 heterocycles. The lowest BCUT2D eigenvalue weighted by molar-refractivity contribution is -0.137. The summed E-state index contributed by atoms with van der Waals surface area (Å²) in [6, 6.07) is 12.3. The van der Waals surface area contributed by atoms with Crippen molar-refractivity contribution in [1.29, 1.82) is 0 Å². The molecule has 0 bridgehead atoms. The molecule has 0 saturated carbocycles. The number of carboxylic acid groups (broad SMARTS) is 1. The Balaban J connectivity index is 2.52. The number of para-hydroxylation sites is 1. The average molecular weight is 243 g/mol. The van der Waals surface area contributed by atoms with Crippen molar-refractivity contribution in [2.75, 3.05) is 7.11 Å². The highest BCUT2D eigenvalue weighted by molar-refractivity contribution is 5.80. The molecule has 0 fully saturated rings. The topological polar surface area (TPSA) is 59.4 Å². The molecule has 92 valence electrons. The van der Waals surface area contributed by atoms with Crippen LogP contribution in [0.2, 0.25) is 0 Å². The van der Waals surface area contributed by atoms with Gasteiger partial charge in [-0.25, -0.2) is 0 Å². The quantitative estimate of drug-likeness (QED) is 0.895. The molecule has 2 rings (SSSR count). The number of carbonyl (C=O) groups is 1. The fourth-order valence-electron chi connectivity index (χ4n) is 1.87. The standard InChI is InChI=1S/C14H13NO3/c1-18-12-8-3-2-6-10(12)13(14(16)17)11-7-4-5-9-15-11/h2-9,13H,1H3,(H,16,17). The molecule has 4 heteroatoms. The third-order valence-electron chi connectivity index (χ3n) is 2.68. The van der Waals surface area contributed by atoms with Gasteiger partial charge < -0.3 is 9.84 Å². The van der Waals surface area contributed by atoms with Crippen molar-refractivity contribution in [3.05, 3.63) is 59.9 Å². The zero-order chi connectivity index (χ0) is 13.0. The molecule has 1 atom stereocenters. The first-order valence-electron chi connectivity index (χ1n) is 5.50. The maximum Gasteiger partial charge on any atom is 0.317 e. The van der Waals surface area contributed by atoms with E-state index in [2.05, 4.69) is 4.98 Å². The Morgan fingerprint density at radius 3 is 2.56 bits per heavy atom. The van der Waals surface area contributed by atoms with Gasteiger partial charge in [0.2, 0.25) is 0 Å². The van der Waals surface area contributed by atoms with E-state index in [4.69, 9.17) is 4.74 Å². The first-order chi connectivity index (χ1) is 8.74. The summed E-state index contributed by atoms with van der Waals surface area (Å²) in [5, 5.41) is 9.40. The van der Waals surface area contributed by atoms with Gasteiger partial charge in [-0.15, -0.1) is 0 Å². The maximum absolute atomic E-state index is 11.5. The molecule has 1 N–H and O–H groups in total. The van der Waals surface area contributed by atoms with Gasteiger partial charge in [0.25, 0.3) is 0 Å². The third-order valence-corrected chi connectivity index (χ3v) is 2.68. The van der Waals surface area contributed by atoms with E-state index < -0.39 is 11.9 Å². The molecule has 0 aliphatic rings. The molecule has 0 aliphatic carbocycles. The van der Waals surface area contributed by atoms with Crippen LogP contribution in [-0.4, -0.2) is 23.2 Å². The minimum absolute atomic E-state index is 0.495. The summed E-state index contributed by atoms with van der Waals surface area (Å²) in [6.07, 6.45) is 1.58. The van der Waals surface area contributed by atoms with Crippen LogP contribution < -0.4 is 4.74 Å². The molecular formula is C14H13NO3. The number of hydrogen-bond donors (Lipinski definition) is 1. The van der Waals surface area contributed by atoms with Gasteiger partial charge in [0, 0.05) is 11.8 Å². The van der Waals surface area contributed by atoms with Crippen molar-refractivity contribution < 1.29 is 14.6 Å². The minimum atomic E-state index is -0.946. The van der Waals surface area contributed by atoms with E-state index in [0.717, 1.165) is 0 Å². The number of nitrogens with zero attached hydrogens (tertiary/aromatic N) is 1. The second kappa shape index (κ2) is 5.31. The molecule has 0 aliphatic heterocycles. The van der Waals surface area contributed by atoms with E-state index in [0.29, 0.717) is 17.0 Å². The molecule has 0 spiro atoms. The Bertz CT molecular complexity index is 540. The number of ether oxygens (including phenoxy) is 1. The predicted molar refractivity (Wildman–Crippen MR) is 66.7 cm³/mol. The summed E-state index contributed by atoms with van der Waals surface area (Å²) in [6.45, 7) is 0. The van der Waals surface area contributed by atoms with Crippen LogP contribution in [0.15, 0.2) is 48.7 Å². The van der Waals surface area contributed by atoms with Gasteiger partial charge in [0.15, 0.2) is 0 Å². The van der Waals surface area contributed by atoms with Crippen LogP contribution in [0.1, 0.15) is 17.2 Å². The zero-order valence-corrected chi connectivity index (χ0v) is 9.91. The summed E-state index contributed by atoms with van der Waals surface area (Å²) in [7, 11) is 1.52. The van der Waals surface area contributed by atoms with Crippen molar-refractivity contribution in [2.45, 2.75) is 5.92 Å². The predicted octanol–water partition coefficient (Wildman–Crippen LogP) is 2.31. The van der Waals surface area contributed by atoms with Gasteiger partial charge >= 0.3 is 5.97 Å². The number of hydrogen-bond acceptors (Lipinski definition) is 3. The Morgan fingerprint density at radius 1 is 1.22 bits per heavy atom.